The Morgan fingerprint density at radius 2 is 1.01 bits per heavy atom. The molecule has 0 aliphatic carbocycles. The lowest BCUT2D eigenvalue weighted by molar-refractivity contribution is 0.0696. The zero-order chi connectivity index (χ0) is 50.3. The van der Waals surface area contributed by atoms with Gasteiger partial charge < -0.3 is 37.4 Å². The van der Waals surface area contributed by atoms with E-state index in [0.717, 1.165) is 64.1 Å². The molecule has 6 aromatic rings. The molecule has 2 heterocycles. The topological polar surface area (TPSA) is 287 Å². The number of amides is 1. The van der Waals surface area contributed by atoms with Crippen LogP contribution in [0, 0.1) is 73.0 Å². The molecule has 4 aromatic carbocycles. The predicted octanol–water partition coefficient (Wildman–Crippen LogP) is 10.2. The van der Waals surface area contributed by atoms with E-state index in [1.54, 1.807) is 60.7 Å². The summed E-state index contributed by atoms with van der Waals surface area (Å²) in [6.45, 7) is 13.1. The van der Waals surface area contributed by atoms with E-state index in [1.807, 2.05) is 77.1 Å². The molecule has 0 fully saturated rings. The molecule has 69 heavy (non-hydrogen) atoms. The first-order chi connectivity index (χ1) is 33.3. The number of allylic oxidation sites excluding steroid dienone is 2. The SMILES string of the molecule is CCCN.CCCNC(=O)c1cnc(Nc2ccc(C#N)cc2)nc1Nc1c(C)cc(/C=C/C#N)cc1C.Cc1cc(/C=C/C#N)cc(C)c1Nc1nc(Nc2ccc(C#N)cc2)ncc1C(=O)O. The van der Waals surface area contributed by atoms with Crippen LogP contribution in [0.15, 0.2) is 97.3 Å². The highest BCUT2D eigenvalue weighted by Crippen LogP contribution is 2.30. The average molecular weight is 921 g/mol. The van der Waals surface area contributed by atoms with Crippen LogP contribution < -0.4 is 32.3 Å². The number of carboxylic acids is 1. The lowest BCUT2D eigenvalue weighted by Crippen LogP contribution is -2.25. The fourth-order valence-electron chi connectivity index (χ4n) is 6.33. The second-order valence-corrected chi connectivity index (χ2v) is 15.1. The molecule has 0 aliphatic heterocycles. The van der Waals surface area contributed by atoms with E-state index in [2.05, 4.69) is 59.5 Å². The van der Waals surface area contributed by atoms with Crippen LogP contribution in [0.5, 0.6) is 0 Å². The Hall–Kier alpha value is -9.42. The molecule has 0 radical (unpaired) electrons. The molecular weight excluding hydrogens is 869 g/mol. The molecule has 8 N–H and O–H groups in total. The molecule has 6 rings (SSSR count). The lowest BCUT2D eigenvalue weighted by atomic mass is 10.0. The Bertz CT molecular complexity index is 2940. The maximum Gasteiger partial charge on any atom is 0.341 e. The van der Waals surface area contributed by atoms with Crippen LogP contribution in [-0.4, -0.2) is 50.0 Å². The zero-order valence-corrected chi connectivity index (χ0v) is 39.1. The number of nitrogens with one attached hydrogen (secondary N) is 5. The number of rotatable bonds is 15. The number of hydrogen-bond acceptors (Lipinski definition) is 15. The normalized spacial score (nSPS) is 10.2. The van der Waals surface area contributed by atoms with Crippen molar-refractivity contribution >= 4 is 70.3 Å². The van der Waals surface area contributed by atoms with E-state index in [-0.39, 0.29) is 23.2 Å². The third-order valence-electron chi connectivity index (χ3n) is 9.71. The summed E-state index contributed by atoms with van der Waals surface area (Å²) in [6.07, 6.45) is 10.9. The molecule has 1 amide bonds. The second kappa shape index (κ2) is 26.5. The summed E-state index contributed by atoms with van der Waals surface area (Å²) in [4.78, 5) is 41.8. The van der Waals surface area contributed by atoms with Crippen molar-refractivity contribution in [3.8, 4) is 24.3 Å². The lowest BCUT2D eigenvalue weighted by Gasteiger charge is -2.17. The van der Waals surface area contributed by atoms with Gasteiger partial charge in [-0.1, -0.05) is 13.8 Å². The number of aromatic carboxylic acids is 1. The van der Waals surface area contributed by atoms with Crippen LogP contribution in [0.4, 0.5) is 46.3 Å². The van der Waals surface area contributed by atoms with E-state index < -0.39 is 5.97 Å². The molecule has 17 nitrogen and oxygen atoms in total. The van der Waals surface area contributed by atoms with E-state index in [1.165, 1.54) is 24.5 Å². The van der Waals surface area contributed by atoms with E-state index >= 15 is 0 Å². The molecule has 0 spiro atoms. The van der Waals surface area contributed by atoms with Gasteiger partial charge in [-0.25, -0.2) is 14.8 Å². The van der Waals surface area contributed by atoms with Crippen molar-refractivity contribution in [1.29, 1.82) is 21.0 Å². The Morgan fingerprint density at radius 1 is 0.623 bits per heavy atom. The number of carbonyl (C=O) groups excluding carboxylic acids is 1. The van der Waals surface area contributed by atoms with Crippen molar-refractivity contribution in [2.75, 3.05) is 34.4 Å². The summed E-state index contributed by atoms with van der Waals surface area (Å²) >= 11 is 0. The van der Waals surface area contributed by atoms with Gasteiger partial charge in [-0.3, -0.25) is 4.79 Å². The van der Waals surface area contributed by atoms with Gasteiger partial charge in [0.25, 0.3) is 5.91 Å². The Kier molecular flexibility index (Phi) is 20.1. The Morgan fingerprint density at radius 3 is 1.36 bits per heavy atom. The smallest absolute Gasteiger partial charge is 0.341 e. The van der Waals surface area contributed by atoms with Crippen molar-refractivity contribution in [2.45, 2.75) is 54.4 Å². The minimum atomic E-state index is -1.16. The van der Waals surface area contributed by atoms with Crippen LogP contribution in [0.1, 0.15) is 91.9 Å². The van der Waals surface area contributed by atoms with Gasteiger partial charge in [0, 0.05) is 53.8 Å². The molecule has 348 valence electrons. The summed E-state index contributed by atoms with van der Waals surface area (Å²) in [5, 5.41) is 60.4. The summed E-state index contributed by atoms with van der Waals surface area (Å²) in [5.41, 5.74) is 14.7. The molecule has 0 aliphatic rings. The molecule has 0 saturated heterocycles. The maximum absolute atomic E-state index is 12.8. The number of nitriles is 4. The van der Waals surface area contributed by atoms with Gasteiger partial charge in [0.1, 0.15) is 16.9 Å². The van der Waals surface area contributed by atoms with Crippen molar-refractivity contribution in [3.63, 3.8) is 0 Å². The first kappa shape index (κ1) is 52.2. The van der Waals surface area contributed by atoms with Crippen LogP contribution in [0.2, 0.25) is 0 Å². The van der Waals surface area contributed by atoms with Gasteiger partial charge in [-0.2, -0.15) is 31.0 Å². The average Bonchev–Trinajstić information content (AvgIpc) is 3.35. The van der Waals surface area contributed by atoms with E-state index in [0.29, 0.717) is 46.4 Å². The number of hydrogen-bond donors (Lipinski definition) is 7. The van der Waals surface area contributed by atoms with E-state index in [4.69, 9.17) is 26.8 Å². The van der Waals surface area contributed by atoms with Gasteiger partial charge in [0.05, 0.1) is 35.4 Å². The third-order valence-corrected chi connectivity index (χ3v) is 9.71. The Balaban J connectivity index is 0.000000280. The van der Waals surface area contributed by atoms with Crippen molar-refractivity contribution in [3.05, 3.63) is 153 Å². The Labute approximate surface area is 401 Å². The summed E-state index contributed by atoms with van der Waals surface area (Å²) in [7, 11) is 0. The van der Waals surface area contributed by atoms with Crippen LogP contribution in [0.3, 0.4) is 0 Å². The number of carbonyl (C=O) groups is 2. The molecule has 0 bridgehead atoms. The molecular formula is C52H52N14O3. The largest absolute Gasteiger partial charge is 0.477 e. The van der Waals surface area contributed by atoms with Crippen LogP contribution in [0.25, 0.3) is 12.2 Å². The zero-order valence-electron chi connectivity index (χ0n) is 39.1. The van der Waals surface area contributed by atoms with Crippen molar-refractivity contribution < 1.29 is 14.7 Å². The van der Waals surface area contributed by atoms with Crippen molar-refractivity contribution in [2.24, 2.45) is 5.73 Å². The predicted molar refractivity (Wildman–Crippen MR) is 270 cm³/mol. The molecule has 0 saturated carbocycles. The summed E-state index contributed by atoms with van der Waals surface area (Å²) in [5.74, 6) is -0.393. The standard InChI is InChI=1S/C26H25N7O.C23H18N6O2.C3H9N/c1-4-12-29-25(34)22-16-30-26(31-21-9-7-19(15-28)8-10-21)33-24(22)32-23-17(2)13-20(6-5-11-27)14-18(23)3;1-14-10-17(4-3-9-24)11-15(2)20(14)28-21-19(22(30)31)13-26-23(29-21)27-18-7-5-16(12-25)6-8-18;1-2-3-4/h5-10,13-14,16H,4,12H2,1-3H3,(H,29,34)(H2,30,31,32,33);3-8,10-11,13H,1-2H3,(H,30,31)(H2,26,27,28,29);2-4H2,1H3/b6-5+;4-3+;. The monoisotopic (exact) mass is 920 g/mol. The van der Waals surface area contributed by atoms with Crippen molar-refractivity contribution in [1.82, 2.24) is 25.3 Å². The number of carboxylic acid groups (broad SMARTS) is 1. The highest BCUT2D eigenvalue weighted by atomic mass is 16.4. The fraction of sp³-hybridized carbons (Fsp3) is 0.192. The van der Waals surface area contributed by atoms with Crippen LogP contribution in [-0.2, 0) is 0 Å². The number of anilines is 8. The minimum absolute atomic E-state index is 0.0716. The summed E-state index contributed by atoms with van der Waals surface area (Å²) in [6, 6.07) is 29.4. The fourth-order valence-corrected chi connectivity index (χ4v) is 6.33. The number of aryl methyl sites for hydroxylation is 4. The first-order valence-electron chi connectivity index (χ1n) is 21.7. The maximum atomic E-state index is 12.8. The minimum Gasteiger partial charge on any atom is -0.477 e. The number of benzene rings is 4. The number of aromatic nitrogens is 4. The first-order valence-corrected chi connectivity index (χ1v) is 21.7. The molecule has 0 atom stereocenters. The second-order valence-electron chi connectivity index (χ2n) is 15.1. The van der Waals surface area contributed by atoms with Crippen LogP contribution >= 0.6 is 0 Å². The highest BCUT2D eigenvalue weighted by molar-refractivity contribution is 5.99. The number of nitrogens with two attached hydrogens (primary N) is 1. The molecule has 2 aromatic heterocycles. The van der Waals surface area contributed by atoms with Gasteiger partial charge in [0.15, 0.2) is 5.82 Å². The van der Waals surface area contributed by atoms with Gasteiger partial charge in [-0.05, 0) is 165 Å². The number of nitrogens with zero attached hydrogens (tertiary/aromatic N) is 8. The third kappa shape index (κ3) is 15.6. The van der Waals surface area contributed by atoms with Gasteiger partial charge in [-0.15, -0.1) is 0 Å². The molecule has 0 unspecified atom stereocenters. The summed E-state index contributed by atoms with van der Waals surface area (Å²) < 4.78 is 0. The highest BCUT2D eigenvalue weighted by Gasteiger charge is 2.18. The quantitative estimate of drug-likeness (QED) is 0.0471. The van der Waals surface area contributed by atoms with Gasteiger partial charge >= 0.3 is 5.97 Å². The van der Waals surface area contributed by atoms with E-state index in [9.17, 15) is 14.7 Å². The molecule has 17 heteroatoms. The van der Waals surface area contributed by atoms with Gasteiger partial charge in [0.2, 0.25) is 11.9 Å².